The zero-order valence-electron chi connectivity index (χ0n) is 14.6. The van der Waals surface area contributed by atoms with Crippen LogP contribution in [0.25, 0.3) is 10.2 Å². The summed E-state index contributed by atoms with van der Waals surface area (Å²) in [6, 6.07) is 5.85. The van der Waals surface area contributed by atoms with Crippen molar-refractivity contribution in [1.82, 2.24) is 4.98 Å². The van der Waals surface area contributed by atoms with Crippen molar-refractivity contribution in [2.24, 2.45) is 23.2 Å². The van der Waals surface area contributed by atoms with Crippen LogP contribution in [0.15, 0.2) is 18.2 Å². The first-order chi connectivity index (χ1) is 12.1. The average Bonchev–Trinajstić information content (AvgIpc) is 2.87. The third kappa shape index (κ3) is 2.64. The van der Waals surface area contributed by atoms with E-state index in [1.54, 1.807) is 18.4 Å². The van der Waals surface area contributed by atoms with E-state index in [2.05, 4.69) is 10.3 Å². The third-order valence-corrected chi connectivity index (χ3v) is 7.59. The number of ether oxygens (including phenoxy) is 1. The smallest absolute Gasteiger partial charge is 0.232 e. The number of aromatic nitrogens is 1. The van der Waals surface area contributed by atoms with Crippen LogP contribution in [-0.4, -0.2) is 18.0 Å². The van der Waals surface area contributed by atoms with Gasteiger partial charge in [0.1, 0.15) is 5.75 Å². The maximum atomic E-state index is 13.2. The van der Waals surface area contributed by atoms with Gasteiger partial charge in [-0.1, -0.05) is 24.2 Å². The second-order valence-corrected chi connectivity index (χ2v) is 9.38. The monoisotopic (exact) mass is 356 g/mol. The van der Waals surface area contributed by atoms with Gasteiger partial charge >= 0.3 is 0 Å². The van der Waals surface area contributed by atoms with Crippen molar-refractivity contribution in [1.29, 1.82) is 0 Å². The average molecular weight is 356 g/mol. The first kappa shape index (κ1) is 15.6. The topological polar surface area (TPSA) is 51.2 Å². The Morgan fingerprint density at radius 2 is 1.92 bits per heavy atom. The molecule has 2 unspecified atom stereocenters. The van der Waals surface area contributed by atoms with Crippen LogP contribution < -0.4 is 10.1 Å². The van der Waals surface area contributed by atoms with Crippen LogP contribution in [0, 0.1) is 23.2 Å². The minimum Gasteiger partial charge on any atom is -0.497 e. The molecule has 0 aliphatic heterocycles. The van der Waals surface area contributed by atoms with E-state index in [9.17, 15) is 4.79 Å². The van der Waals surface area contributed by atoms with Crippen LogP contribution in [0.1, 0.15) is 44.9 Å². The zero-order chi connectivity index (χ0) is 17.0. The van der Waals surface area contributed by atoms with E-state index in [-0.39, 0.29) is 11.3 Å². The predicted molar refractivity (Wildman–Crippen MR) is 100 cm³/mol. The molecule has 4 bridgehead atoms. The van der Waals surface area contributed by atoms with Crippen molar-refractivity contribution in [3.8, 4) is 5.75 Å². The second kappa shape index (κ2) is 5.70. The summed E-state index contributed by atoms with van der Waals surface area (Å²) in [5, 5.41) is 3.91. The Morgan fingerprint density at radius 3 is 2.64 bits per heavy atom. The molecule has 132 valence electrons. The summed E-state index contributed by atoms with van der Waals surface area (Å²) in [5.41, 5.74) is 0.784. The van der Waals surface area contributed by atoms with Gasteiger partial charge in [0.25, 0.3) is 0 Å². The van der Waals surface area contributed by atoms with E-state index >= 15 is 0 Å². The maximum Gasteiger partial charge on any atom is 0.232 e. The molecule has 4 nitrogen and oxygen atoms in total. The molecule has 25 heavy (non-hydrogen) atoms. The molecule has 2 aromatic rings. The number of fused-ring (bicyclic) bond motifs is 2. The number of hydrogen-bond acceptors (Lipinski definition) is 4. The first-order valence-electron chi connectivity index (χ1n) is 9.39. The summed E-state index contributed by atoms with van der Waals surface area (Å²) in [6.45, 7) is 0. The van der Waals surface area contributed by atoms with Crippen molar-refractivity contribution < 1.29 is 9.53 Å². The SMILES string of the molecule is COc1ccc2nc(NC(=O)C34CC5CCC(CC(C5)C3)C4)sc2c1. The number of amides is 1. The molecule has 1 amide bonds. The molecule has 1 heterocycles. The molecule has 1 aromatic carbocycles. The predicted octanol–water partition coefficient (Wildman–Crippen LogP) is 4.85. The molecule has 1 N–H and O–H groups in total. The first-order valence-corrected chi connectivity index (χ1v) is 10.2. The molecule has 4 aliphatic rings. The highest BCUT2D eigenvalue weighted by Gasteiger charge is 2.52. The van der Waals surface area contributed by atoms with Crippen molar-refractivity contribution in [2.75, 3.05) is 12.4 Å². The Kier molecular flexibility index (Phi) is 3.56. The number of nitrogens with one attached hydrogen (secondary N) is 1. The quantitative estimate of drug-likeness (QED) is 0.855. The van der Waals surface area contributed by atoms with Crippen LogP contribution in [0.5, 0.6) is 5.75 Å². The van der Waals surface area contributed by atoms with E-state index in [0.717, 1.165) is 58.1 Å². The van der Waals surface area contributed by atoms with Gasteiger partial charge < -0.3 is 10.1 Å². The number of methoxy groups -OCH3 is 1. The molecule has 4 aliphatic carbocycles. The normalized spacial score (nSPS) is 33.4. The van der Waals surface area contributed by atoms with Crippen molar-refractivity contribution in [3.63, 3.8) is 0 Å². The Morgan fingerprint density at radius 1 is 1.20 bits per heavy atom. The lowest BCUT2D eigenvalue weighted by Crippen LogP contribution is -2.45. The Hall–Kier alpha value is -1.62. The number of hydrogen-bond donors (Lipinski definition) is 1. The highest BCUT2D eigenvalue weighted by Crippen LogP contribution is 2.58. The van der Waals surface area contributed by atoms with Gasteiger partial charge in [-0.3, -0.25) is 4.79 Å². The van der Waals surface area contributed by atoms with Gasteiger partial charge in [0, 0.05) is 0 Å². The highest BCUT2D eigenvalue weighted by molar-refractivity contribution is 7.22. The molecule has 0 radical (unpaired) electrons. The molecule has 4 fully saturated rings. The minimum absolute atomic E-state index is 0.136. The molecule has 0 saturated heterocycles. The van der Waals surface area contributed by atoms with Gasteiger partial charge in [0.05, 0.1) is 22.7 Å². The van der Waals surface area contributed by atoms with E-state index in [1.807, 2.05) is 18.2 Å². The number of benzene rings is 1. The molecule has 0 spiro atoms. The molecule has 6 rings (SSSR count). The zero-order valence-corrected chi connectivity index (χ0v) is 15.4. The molecular formula is C20H24N2O2S. The fourth-order valence-corrected chi connectivity index (χ4v) is 6.67. The van der Waals surface area contributed by atoms with E-state index in [0.29, 0.717) is 0 Å². The lowest BCUT2D eigenvalue weighted by atomic mass is 9.58. The summed E-state index contributed by atoms with van der Waals surface area (Å²) in [4.78, 5) is 17.9. The van der Waals surface area contributed by atoms with Crippen molar-refractivity contribution >= 4 is 32.6 Å². The number of nitrogens with zero attached hydrogens (tertiary/aromatic N) is 1. The lowest BCUT2D eigenvalue weighted by Gasteiger charge is -2.46. The van der Waals surface area contributed by atoms with Crippen molar-refractivity contribution in [3.05, 3.63) is 18.2 Å². The third-order valence-electron chi connectivity index (χ3n) is 6.65. The highest BCUT2D eigenvalue weighted by atomic mass is 32.1. The van der Waals surface area contributed by atoms with E-state index in [1.165, 1.54) is 25.7 Å². The Balaban J connectivity index is 1.41. The summed E-state index contributed by atoms with van der Waals surface area (Å²) < 4.78 is 6.34. The number of carbonyl (C=O) groups excluding carboxylic acids is 1. The Labute approximate surface area is 152 Å². The lowest BCUT2D eigenvalue weighted by molar-refractivity contribution is -0.132. The largest absolute Gasteiger partial charge is 0.497 e. The second-order valence-electron chi connectivity index (χ2n) is 8.35. The van der Waals surface area contributed by atoms with E-state index in [4.69, 9.17) is 4.74 Å². The molecule has 5 heteroatoms. The van der Waals surface area contributed by atoms with Gasteiger partial charge in [-0.2, -0.15) is 0 Å². The van der Waals surface area contributed by atoms with Gasteiger partial charge in [0.15, 0.2) is 5.13 Å². The number of rotatable bonds is 3. The number of carbonyl (C=O) groups is 1. The Bertz CT molecular complexity index is 814. The fourth-order valence-electron chi connectivity index (χ4n) is 5.78. The summed E-state index contributed by atoms with van der Waals surface area (Å²) in [5.74, 6) is 3.34. The van der Waals surface area contributed by atoms with Crippen LogP contribution in [-0.2, 0) is 4.79 Å². The summed E-state index contributed by atoms with van der Waals surface area (Å²) in [6.07, 6.45) is 8.63. The van der Waals surface area contributed by atoms with Crippen molar-refractivity contribution in [2.45, 2.75) is 44.9 Å². The van der Waals surface area contributed by atoms with Gasteiger partial charge in [-0.05, 0) is 68.1 Å². The van der Waals surface area contributed by atoms with Crippen LogP contribution in [0.2, 0.25) is 0 Å². The fraction of sp³-hybridized carbons (Fsp3) is 0.600. The summed E-state index contributed by atoms with van der Waals surface area (Å²) in [7, 11) is 1.67. The number of thiazole rings is 1. The molecule has 4 saturated carbocycles. The van der Waals surface area contributed by atoms with Crippen LogP contribution >= 0.6 is 11.3 Å². The molecular weight excluding hydrogens is 332 g/mol. The molecule has 2 atom stereocenters. The van der Waals surface area contributed by atoms with Crippen LogP contribution in [0.4, 0.5) is 5.13 Å². The standard InChI is InChI=1S/C20H24N2O2S/c1-24-15-4-5-16-17(8-15)25-19(21-16)22-18(23)20-9-12-2-3-13(10-20)7-14(6-12)11-20/h4-5,8,12-14H,2-3,6-7,9-11H2,1H3,(H,21,22,23). The van der Waals surface area contributed by atoms with Gasteiger partial charge in [0.2, 0.25) is 5.91 Å². The van der Waals surface area contributed by atoms with Gasteiger partial charge in [-0.15, -0.1) is 0 Å². The molecule has 1 aromatic heterocycles. The van der Waals surface area contributed by atoms with Gasteiger partial charge in [-0.25, -0.2) is 4.98 Å². The maximum absolute atomic E-state index is 13.2. The summed E-state index contributed by atoms with van der Waals surface area (Å²) >= 11 is 1.54. The van der Waals surface area contributed by atoms with E-state index < -0.39 is 0 Å². The van der Waals surface area contributed by atoms with Crippen LogP contribution in [0.3, 0.4) is 0 Å². The number of anilines is 1. The minimum atomic E-state index is -0.136.